The van der Waals surface area contributed by atoms with Crippen molar-refractivity contribution in [3.8, 4) is 11.5 Å². The van der Waals surface area contributed by atoms with Crippen LogP contribution in [-0.4, -0.2) is 11.7 Å². The molecule has 0 heterocycles. The fourth-order valence-corrected chi connectivity index (χ4v) is 2.33. The molecule has 0 fully saturated rings. The Morgan fingerprint density at radius 2 is 1.46 bits per heavy atom. The number of rotatable bonds is 5. The summed E-state index contributed by atoms with van der Waals surface area (Å²) in [6.45, 7) is 1.47. The van der Waals surface area contributed by atoms with Crippen molar-refractivity contribution >= 4 is 17.4 Å². The average molecular weight is 349 g/mol. The van der Waals surface area contributed by atoms with Gasteiger partial charge >= 0.3 is 0 Å². The predicted molar refractivity (Wildman–Crippen MR) is 97.3 cm³/mol. The maximum absolute atomic E-state index is 12.9. The number of Topliss-reactive ketones (excluding diaryl/α,β-unsaturated/α-hetero) is 1. The molecule has 0 aromatic heterocycles. The molecule has 130 valence electrons. The second-order valence-corrected chi connectivity index (χ2v) is 5.67. The zero-order valence-corrected chi connectivity index (χ0v) is 14.0. The molecule has 0 aliphatic carbocycles. The number of carbonyl (C=O) groups is 2. The number of anilines is 1. The van der Waals surface area contributed by atoms with E-state index in [2.05, 4.69) is 5.32 Å². The van der Waals surface area contributed by atoms with Crippen molar-refractivity contribution < 1.29 is 18.7 Å². The van der Waals surface area contributed by atoms with E-state index in [1.165, 1.54) is 31.2 Å². The Hall–Kier alpha value is -3.47. The van der Waals surface area contributed by atoms with E-state index in [1.807, 2.05) is 0 Å². The molecule has 5 heteroatoms. The Kier molecular flexibility index (Phi) is 5.08. The van der Waals surface area contributed by atoms with Crippen LogP contribution in [-0.2, 0) is 0 Å². The zero-order chi connectivity index (χ0) is 18.5. The molecule has 0 aliphatic heterocycles. The minimum atomic E-state index is -0.335. The first-order valence-electron chi connectivity index (χ1n) is 7.97. The summed E-state index contributed by atoms with van der Waals surface area (Å²) < 4.78 is 18.5. The standard InChI is InChI=1S/C21H16FNO3/c1-14(24)16-3-2-4-18(13-16)23-21(25)15-5-9-19(10-6-15)26-20-11-7-17(22)8-12-20/h2-13H,1H3,(H,23,25). The van der Waals surface area contributed by atoms with Crippen LogP contribution in [0, 0.1) is 5.82 Å². The largest absolute Gasteiger partial charge is 0.457 e. The zero-order valence-electron chi connectivity index (χ0n) is 14.0. The van der Waals surface area contributed by atoms with E-state index in [0.717, 1.165) is 0 Å². The van der Waals surface area contributed by atoms with Gasteiger partial charge in [-0.2, -0.15) is 0 Å². The molecule has 0 spiro atoms. The molecule has 0 bridgehead atoms. The first-order chi connectivity index (χ1) is 12.5. The number of benzene rings is 3. The van der Waals surface area contributed by atoms with Gasteiger partial charge in [-0.3, -0.25) is 9.59 Å². The molecule has 0 saturated carbocycles. The molecule has 0 aliphatic rings. The highest BCUT2D eigenvalue weighted by atomic mass is 19.1. The van der Waals surface area contributed by atoms with E-state index in [-0.39, 0.29) is 17.5 Å². The summed E-state index contributed by atoms with van der Waals surface area (Å²) in [5.41, 5.74) is 1.53. The Morgan fingerprint density at radius 1 is 0.846 bits per heavy atom. The highest BCUT2D eigenvalue weighted by Crippen LogP contribution is 2.22. The minimum Gasteiger partial charge on any atom is -0.457 e. The van der Waals surface area contributed by atoms with E-state index in [4.69, 9.17) is 4.74 Å². The number of halogens is 1. The Morgan fingerprint density at radius 3 is 2.08 bits per heavy atom. The van der Waals surface area contributed by atoms with Gasteiger partial charge in [-0.25, -0.2) is 4.39 Å². The quantitative estimate of drug-likeness (QED) is 0.654. The molecular formula is C21H16FNO3. The lowest BCUT2D eigenvalue weighted by Gasteiger charge is -2.08. The monoisotopic (exact) mass is 349 g/mol. The van der Waals surface area contributed by atoms with Crippen LogP contribution in [0.1, 0.15) is 27.6 Å². The number of ketones is 1. The molecule has 26 heavy (non-hydrogen) atoms. The Balaban J connectivity index is 1.68. The van der Waals surface area contributed by atoms with Gasteiger partial charge in [-0.15, -0.1) is 0 Å². The maximum Gasteiger partial charge on any atom is 0.255 e. The average Bonchev–Trinajstić information content (AvgIpc) is 2.64. The summed E-state index contributed by atoms with van der Waals surface area (Å²) in [6.07, 6.45) is 0. The highest BCUT2D eigenvalue weighted by molar-refractivity contribution is 6.05. The topological polar surface area (TPSA) is 55.4 Å². The van der Waals surface area contributed by atoms with Crippen molar-refractivity contribution in [2.24, 2.45) is 0 Å². The van der Waals surface area contributed by atoms with Crippen molar-refractivity contribution in [3.05, 3.63) is 89.7 Å². The van der Waals surface area contributed by atoms with Crippen LogP contribution in [0.25, 0.3) is 0 Å². The number of carbonyl (C=O) groups excluding carboxylic acids is 2. The van der Waals surface area contributed by atoms with Gasteiger partial charge in [0.15, 0.2) is 5.78 Å². The van der Waals surface area contributed by atoms with Crippen molar-refractivity contribution in [2.75, 3.05) is 5.32 Å². The molecule has 0 unspecified atom stereocenters. The SMILES string of the molecule is CC(=O)c1cccc(NC(=O)c2ccc(Oc3ccc(F)cc3)cc2)c1. The third kappa shape index (κ3) is 4.33. The Bertz CT molecular complexity index is 934. The second-order valence-electron chi connectivity index (χ2n) is 5.67. The number of hydrogen-bond donors (Lipinski definition) is 1. The summed E-state index contributed by atoms with van der Waals surface area (Å²) >= 11 is 0. The fraction of sp³-hybridized carbons (Fsp3) is 0.0476. The van der Waals surface area contributed by atoms with Gasteiger partial charge in [0.2, 0.25) is 0 Å². The van der Waals surface area contributed by atoms with E-state index >= 15 is 0 Å². The van der Waals surface area contributed by atoms with E-state index in [1.54, 1.807) is 48.5 Å². The normalized spacial score (nSPS) is 10.2. The number of hydrogen-bond acceptors (Lipinski definition) is 3. The molecule has 3 rings (SSSR count). The van der Waals surface area contributed by atoms with Crippen LogP contribution >= 0.6 is 0 Å². The van der Waals surface area contributed by atoms with Crippen molar-refractivity contribution in [3.63, 3.8) is 0 Å². The van der Waals surface area contributed by atoms with Crippen LogP contribution in [0.3, 0.4) is 0 Å². The molecule has 0 radical (unpaired) electrons. The van der Waals surface area contributed by atoms with E-state index in [0.29, 0.717) is 28.3 Å². The van der Waals surface area contributed by atoms with E-state index < -0.39 is 0 Å². The molecule has 4 nitrogen and oxygen atoms in total. The first kappa shape index (κ1) is 17.4. The number of nitrogens with one attached hydrogen (secondary N) is 1. The smallest absolute Gasteiger partial charge is 0.255 e. The summed E-state index contributed by atoms with van der Waals surface area (Å²) in [5.74, 6) is 0.344. The molecule has 0 atom stereocenters. The van der Waals surface area contributed by atoms with Gasteiger partial charge in [0.1, 0.15) is 17.3 Å². The summed E-state index contributed by atoms with van der Waals surface area (Å²) in [4.78, 5) is 23.7. The molecule has 1 N–H and O–H groups in total. The van der Waals surface area contributed by atoms with Crippen molar-refractivity contribution in [1.29, 1.82) is 0 Å². The molecular weight excluding hydrogens is 333 g/mol. The number of ether oxygens (including phenoxy) is 1. The second kappa shape index (κ2) is 7.61. The summed E-state index contributed by atoms with van der Waals surface area (Å²) in [5, 5.41) is 2.76. The van der Waals surface area contributed by atoms with Crippen molar-refractivity contribution in [1.82, 2.24) is 0 Å². The maximum atomic E-state index is 12.9. The van der Waals surface area contributed by atoms with Gasteiger partial charge in [-0.1, -0.05) is 12.1 Å². The summed E-state index contributed by atoms with van der Waals surface area (Å²) in [7, 11) is 0. The Labute approximate surface area is 150 Å². The molecule has 3 aromatic rings. The van der Waals surface area contributed by atoms with Gasteiger partial charge in [0.05, 0.1) is 0 Å². The van der Waals surface area contributed by atoms with Gasteiger partial charge < -0.3 is 10.1 Å². The van der Waals surface area contributed by atoms with Crippen LogP contribution in [0.5, 0.6) is 11.5 Å². The van der Waals surface area contributed by atoms with Gasteiger partial charge in [0.25, 0.3) is 5.91 Å². The third-order valence-corrected chi connectivity index (χ3v) is 3.69. The lowest BCUT2D eigenvalue weighted by molar-refractivity contribution is 0.101. The van der Waals surface area contributed by atoms with Crippen LogP contribution in [0.15, 0.2) is 72.8 Å². The third-order valence-electron chi connectivity index (χ3n) is 3.69. The van der Waals surface area contributed by atoms with Gasteiger partial charge in [0, 0.05) is 16.8 Å². The molecule has 3 aromatic carbocycles. The summed E-state index contributed by atoms with van der Waals surface area (Å²) in [6, 6.07) is 19.0. The highest BCUT2D eigenvalue weighted by Gasteiger charge is 2.08. The molecule has 0 saturated heterocycles. The van der Waals surface area contributed by atoms with Crippen LogP contribution in [0.2, 0.25) is 0 Å². The van der Waals surface area contributed by atoms with Gasteiger partial charge in [-0.05, 0) is 67.6 Å². The lowest BCUT2D eigenvalue weighted by atomic mass is 10.1. The number of amides is 1. The molecule has 1 amide bonds. The minimum absolute atomic E-state index is 0.0663. The van der Waals surface area contributed by atoms with Crippen molar-refractivity contribution in [2.45, 2.75) is 6.92 Å². The first-order valence-corrected chi connectivity index (χ1v) is 7.97. The lowest BCUT2D eigenvalue weighted by Crippen LogP contribution is -2.12. The van der Waals surface area contributed by atoms with Crippen LogP contribution in [0.4, 0.5) is 10.1 Å². The fourth-order valence-electron chi connectivity index (χ4n) is 2.33. The van der Waals surface area contributed by atoms with Crippen LogP contribution < -0.4 is 10.1 Å². The predicted octanol–water partition coefficient (Wildman–Crippen LogP) is 5.07. The van der Waals surface area contributed by atoms with E-state index in [9.17, 15) is 14.0 Å².